The quantitative estimate of drug-likeness (QED) is 0.334. The van der Waals surface area contributed by atoms with Crippen molar-refractivity contribution in [2.75, 3.05) is 12.4 Å². The highest BCUT2D eigenvalue weighted by Gasteiger charge is 2.35. The van der Waals surface area contributed by atoms with Gasteiger partial charge in [-0.2, -0.15) is 18.4 Å². The van der Waals surface area contributed by atoms with E-state index in [0.29, 0.717) is 29.4 Å². The number of nitriles is 1. The maximum Gasteiger partial charge on any atom is 0.418 e. The molecule has 1 fully saturated rings. The van der Waals surface area contributed by atoms with Gasteiger partial charge in [0.05, 0.1) is 46.9 Å². The van der Waals surface area contributed by atoms with Crippen LogP contribution in [0.1, 0.15) is 54.4 Å². The summed E-state index contributed by atoms with van der Waals surface area (Å²) in [4.78, 5) is 33.7. The van der Waals surface area contributed by atoms with Gasteiger partial charge in [-0.25, -0.2) is 19.6 Å². The van der Waals surface area contributed by atoms with Crippen molar-refractivity contribution in [3.05, 3.63) is 58.1 Å². The van der Waals surface area contributed by atoms with E-state index in [1.54, 1.807) is 13.8 Å². The molecular weight excluding hydrogens is 539 g/mol. The summed E-state index contributed by atoms with van der Waals surface area (Å²) >= 11 is 0. The second-order valence-electron chi connectivity index (χ2n) is 10.5. The Balaban J connectivity index is 1.64. The summed E-state index contributed by atoms with van der Waals surface area (Å²) in [6, 6.07) is 7.88. The number of aryl methyl sites for hydroxylation is 1. The normalized spacial score (nSPS) is 18.9. The summed E-state index contributed by atoms with van der Waals surface area (Å²) in [6.07, 6.45) is -2.84. The Kier molecular flexibility index (Phi) is 5.97. The van der Waals surface area contributed by atoms with Crippen molar-refractivity contribution in [2.24, 2.45) is 6.98 Å². The zero-order valence-electron chi connectivity index (χ0n) is 25.3. The number of para-hydroxylation sites is 1. The molecule has 1 saturated carbocycles. The third-order valence-electron chi connectivity index (χ3n) is 7.39. The van der Waals surface area contributed by atoms with E-state index in [0.717, 1.165) is 6.07 Å². The van der Waals surface area contributed by atoms with E-state index in [9.17, 15) is 28.0 Å². The van der Waals surface area contributed by atoms with E-state index in [1.807, 2.05) is 0 Å². The average molecular weight is 571 g/mol. The molecule has 5 rings (SSSR count). The number of alkyl halides is 3. The Morgan fingerprint density at radius 2 is 1.98 bits per heavy atom. The number of carbonyl (C=O) groups excluding carboxylic acids is 1. The molecule has 3 aromatic heterocycles. The third kappa shape index (κ3) is 5.05. The number of hydrogen-bond acceptors (Lipinski definition) is 7. The summed E-state index contributed by atoms with van der Waals surface area (Å²) < 4.78 is 72.4. The van der Waals surface area contributed by atoms with Crippen molar-refractivity contribution in [1.82, 2.24) is 24.4 Å². The molecule has 1 aromatic carbocycles. The van der Waals surface area contributed by atoms with Crippen LogP contribution in [0.2, 0.25) is 0 Å². The number of ether oxygens (including phenoxy) is 1. The maximum absolute atomic E-state index is 14.0. The molecule has 0 spiro atoms. The monoisotopic (exact) mass is 570 g/mol. The van der Waals surface area contributed by atoms with Crippen LogP contribution in [0, 0.1) is 11.3 Å². The predicted octanol–water partition coefficient (Wildman–Crippen LogP) is 5.30. The number of hydrogen-bond donors (Lipinski definition) is 2. The molecule has 10 nitrogen and oxygen atoms in total. The van der Waals surface area contributed by atoms with E-state index in [1.165, 1.54) is 42.1 Å². The summed E-state index contributed by atoms with van der Waals surface area (Å²) in [7, 11) is 1.23. The highest BCUT2D eigenvalue weighted by Crippen LogP contribution is 2.39. The first-order valence-corrected chi connectivity index (χ1v) is 12.7. The Morgan fingerprint density at radius 1 is 1.20 bits per heavy atom. The van der Waals surface area contributed by atoms with E-state index < -0.39 is 42.0 Å². The lowest BCUT2D eigenvalue weighted by Crippen LogP contribution is -2.33. The number of pyridine rings is 2. The van der Waals surface area contributed by atoms with Crippen LogP contribution in [0.5, 0.6) is 0 Å². The lowest BCUT2D eigenvalue weighted by atomic mass is 9.83. The Morgan fingerprint density at radius 3 is 2.66 bits per heavy atom. The molecular formula is C28H28F3N7O3. The van der Waals surface area contributed by atoms with Crippen molar-refractivity contribution < 1.29 is 26.8 Å². The van der Waals surface area contributed by atoms with E-state index >= 15 is 0 Å². The van der Waals surface area contributed by atoms with Gasteiger partial charge in [-0.3, -0.25) is 9.13 Å². The number of aromatic nitrogens is 4. The minimum absolute atomic E-state index is 0.0297. The highest BCUT2D eigenvalue weighted by atomic mass is 19.4. The van der Waals surface area contributed by atoms with Crippen LogP contribution in [0.4, 0.5) is 29.6 Å². The standard InChI is InChI=1S/C28H28F3N7O3/c1-27(2,14-32)19-11-23(36-24-17(19)6-5-7-18(24)28(29,30)31)35-22-12-20-21(13-33-22)37(3)26(40)38(20)16-9-8-15(10-16)34-25(39)41-4/h5-7,11-13,15-16H,8-10H2,1-4H3,(H,34,39)(H,33,35,36)/t15-,16-/m1/s1/i3D3. The van der Waals surface area contributed by atoms with Crippen LogP contribution >= 0.6 is 0 Å². The fraction of sp³-hybridized carbons (Fsp3) is 0.393. The maximum atomic E-state index is 14.0. The fourth-order valence-corrected chi connectivity index (χ4v) is 5.34. The molecule has 41 heavy (non-hydrogen) atoms. The number of rotatable bonds is 5. The van der Waals surface area contributed by atoms with Gasteiger partial charge in [-0.05, 0) is 50.8 Å². The Labute approximate surface area is 237 Å². The molecule has 0 saturated heterocycles. The van der Waals surface area contributed by atoms with Gasteiger partial charge in [0.2, 0.25) is 0 Å². The van der Waals surface area contributed by atoms with E-state index in [-0.39, 0.29) is 39.6 Å². The Hall–Kier alpha value is -4.60. The molecule has 1 aliphatic rings. The minimum atomic E-state index is -4.72. The van der Waals surface area contributed by atoms with Crippen molar-refractivity contribution in [1.29, 1.82) is 5.26 Å². The summed E-state index contributed by atoms with van der Waals surface area (Å²) in [6.45, 7) is 0.331. The Bertz CT molecular complexity index is 1880. The molecule has 2 atom stereocenters. The van der Waals surface area contributed by atoms with Crippen LogP contribution in [-0.2, 0) is 23.3 Å². The molecule has 0 unspecified atom stereocenters. The largest absolute Gasteiger partial charge is 0.453 e. The van der Waals surface area contributed by atoms with E-state index in [4.69, 9.17) is 4.11 Å². The predicted molar refractivity (Wildman–Crippen MR) is 146 cm³/mol. The summed E-state index contributed by atoms with van der Waals surface area (Å²) in [5.74, 6) is 0.0416. The van der Waals surface area contributed by atoms with Crippen LogP contribution < -0.4 is 16.3 Å². The molecule has 1 aliphatic carbocycles. The van der Waals surface area contributed by atoms with Gasteiger partial charge in [-0.1, -0.05) is 12.1 Å². The molecule has 0 aliphatic heterocycles. The molecule has 214 valence electrons. The average Bonchev–Trinajstić information content (AvgIpc) is 3.51. The molecule has 13 heteroatoms. The number of halogens is 3. The molecule has 2 N–H and O–H groups in total. The number of imidazole rings is 1. The van der Waals surface area contributed by atoms with Gasteiger partial charge in [0.1, 0.15) is 11.6 Å². The van der Waals surface area contributed by atoms with Crippen LogP contribution in [0.25, 0.3) is 21.9 Å². The number of methoxy groups -OCH3 is 1. The number of nitrogens with zero attached hydrogens (tertiary/aromatic N) is 5. The first-order valence-electron chi connectivity index (χ1n) is 14.2. The van der Waals surface area contributed by atoms with Gasteiger partial charge in [0.25, 0.3) is 0 Å². The number of amides is 1. The first kappa shape index (κ1) is 24.2. The minimum Gasteiger partial charge on any atom is -0.453 e. The van der Waals surface area contributed by atoms with Gasteiger partial charge in [0.15, 0.2) is 0 Å². The van der Waals surface area contributed by atoms with E-state index in [2.05, 4.69) is 31.4 Å². The fourth-order valence-electron chi connectivity index (χ4n) is 5.34. The van der Waals surface area contributed by atoms with Gasteiger partial charge >= 0.3 is 18.0 Å². The molecule has 3 heterocycles. The van der Waals surface area contributed by atoms with Crippen LogP contribution in [0.15, 0.2) is 41.3 Å². The van der Waals surface area contributed by atoms with Crippen molar-refractivity contribution in [3.63, 3.8) is 0 Å². The zero-order chi connectivity index (χ0) is 32.2. The molecule has 4 aromatic rings. The SMILES string of the molecule is [2H]C([2H])([2H])n1c(=O)n([C@@H]2CC[C@@H](NC(=O)OC)C2)c2cc(Nc3cc(C(C)(C)C#N)c4cccc(C(F)(F)F)c4n3)ncc21. The number of fused-ring (bicyclic) bond motifs is 2. The second kappa shape index (κ2) is 10.1. The van der Waals surface area contributed by atoms with Gasteiger partial charge in [-0.15, -0.1) is 0 Å². The third-order valence-corrected chi connectivity index (χ3v) is 7.39. The number of anilines is 2. The van der Waals surface area contributed by atoms with Crippen molar-refractivity contribution in [3.8, 4) is 6.07 Å². The van der Waals surface area contributed by atoms with Crippen LogP contribution in [0.3, 0.4) is 0 Å². The zero-order valence-corrected chi connectivity index (χ0v) is 22.3. The van der Waals surface area contributed by atoms with Crippen molar-refractivity contribution >= 4 is 39.7 Å². The molecule has 0 bridgehead atoms. The van der Waals surface area contributed by atoms with Crippen LogP contribution in [-0.4, -0.2) is 38.3 Å². The number of carbonyl (C=O) groups is 1. The number of benzene rings is 1. The smallest absolute Gasteiger partial charge is 0.418 e. The highest BCUT2D eigenvalue weighted by molar-refractivity contribution is 5.89. The van der Waals surface area contributed by atoms with Gasteiger partial charge in [0, 0.05) is 34.6 Å². The number of alkyl carbamates (subject to hydrolysis) is 1. The summed E-state index contributed by atoms with van der Waals surface area (Å²) in [5, 5.41) is 15.6. The number of nitrogens with one attached hydrogen (secondary N) is 2. The summed E-state index contributed by atoms with van der Waals surface area (Å²) in [5.41, 5.74) is -2.75. The first-order chi connectivity index (χ1) is 20.5. The van der Waals surface area contributed by atoms with Gasteiger partial charge < -0.3 is 15.4 Å². The molecule has 0 radical (unpaired) electrons. The lowest BCUT2D eigenvalue weighted by molar-refractivity contribution is -0.136. The molecule has 1 amide bonds. The van der Waals surface area contributed by atoms with Crippen molar-refractivity contribution in [2.45, 2.75) is 56.8 Å². The lowest BCUT2D eigenvalue weighted by Gasteiger charge is -2.21. The topological polar surface area (TPSA) is 127 Å². The second-order valence-corrected chi connectivity index (χ2v) is 10.5.